The third-order valence-electron chi connectivity index (χ3n) is 3.75. The number of aromatic nitrogens is 1. The number of nitrogens with one attached hydrogen (secondary N) is 1. The van der Waals surface area contributed by atoms with Crippen LogP contribution in [0, 0.1) is 6.92 Å². The molecular weight excluding hydrogens is 308 g/mol. The molecule has 1 aliphatic carbocycles. The van der Waals surface area contributed by atoms with Gasteiger partial charge < -0.3 is 9.88 Å². The van der Waals surface area contributed by atoms with E-state index in [-0.39, 0.29) is 22.9 Å². The molecule has 1 aromatic rings. The molecule has 0 bridgehead atoms. The van der Waals surface area contributed by atoms with E-state index < -0.39 is 0 Å². The first-order valence-electron chi connectivity index (χ1n) is 6.61. The highest BCUT2D eigenvalue weighted by Crippen LogP contribution is 2.28. The van der Waals surface area contributed by atoms with E-state index in [1.54, 1.807) is 18.9 Å². The van der Waals surface area contributed by atoms with Crippen LogP contribution in [0.3, 0.4) is 0 Å². The number of halogens is 1. The molecule has 1 N–H and O–H groups in total. The number of aromatic amines is 1. The molecule has 1 aliphatic rings. The molecule has 1 heterocycles. The topological polar surface area (TPSA) is 53.2 Å². The van der Waals surface area contributed by atoms with Gasteiger partial charge in [-0.1, -0.05) is 28.8 Å². The Labute approximate surface area is 121 Å². The van der Waals surface area contributed by atoms with Gasteiger partial charge in [0, 0.05) is 35.9 Å². The lowest BCUT2D eigenvalue weighted by Crippen LogP contribution is -2.45. The lowest BCUT2D eigenvalue weighted by molar-refractivity contribution is 0.0703. The van der Waals surface area contributed by atoms with E-state index in [1.807, 2.05) is 0 Å². The Balaban J connectivity index is 2.20. The van der Waals surface area contributed by atoms with Crippen molar-refractivity contribution < 1.29 is 4.79 Å². The van der Waals surface area contributed by atoms with E-state index in [1.165, 1.54) is 18.7 Å². The second-order valence-electron chi connectivity index (χ2n) is 5.18. The Morgan fingerprint density at radius 3 is 2.74 bits per heavy atom. The van der Waals surface area contributed by atoms with Crippen molar-refractivity contribution >= 4 is 21.8 Å². The summed E-state index contributed by atoms with van der Waals surface area (Å²) < 4.78 is 0. The molecule has 1 amide bonds. The van der Waals surface area contributed by atoms with E-state index in [0.717, 1.165) is 25.0 Å². The molecule has 104 valence electrons. The van der Waals surface area contributed by atoms with Gasteiger partial charge in [0.15, 0.2) is 5.43 Å². The number of hydrogen-bond acceptors (Lipinski definition) is 2. The van der Waals surface area contributed by atoms with Crippen molar-refractivity contribution in [2.45, 2.75) is 43.5 Å². The summed E-state index contributed by atoms with van der Waals surface area (Å²) in [5, 5.41) is 0. The van der Waals surface area contributed by atoms with Gasteiger partial charge in [0.2, 0.25) is 0 Å². The average Bonchev–Trinajstić information content (AvgIpc) is 2.38. The first kappa shape index (κ1) is 14.3. The van der Waals surface area contributed by atoms with E-state index in [2.05, 4.69) is 20.9 Å². The fraction of sp³-hybridized carbons (Fsp3) is 0.571. The van der Waals surface area contributed by atoms with E-state index in [4.69, 9.17) is 0 Å². The zero-order valence-corrected chi connectivity index (χ0v) is 12.9. The number of nitrogens with zero attached hydrogens (tertiary/aromatic N) is 1. The monoisotopic (exact) mass is 326 g/mol. The lowest BCUT2D eigenvalue weighted by atomic mass is 9.94. The summed E-state index contributed by atoms with van der Waals surface area (Å²) in [6, 6.07) is 1.63. The Bertz CT molecular complexity index is 526. The standard InChI is InChI=1S/C14H19BrN2O2/c1-9-7-13(18)10(8-16-9)14(19)17(2)12-6-4-3-5-11(12)15/h7-8,11-12H,3-6H2,1-2H3,(H,16,18). The van der Waals surface area contributed by atoms with Gasteiger partial charge in [-0.3, -0.25) is 9.59 Å². The molecular formula is C14H19BrN2O2. The Morgan fingerprint density at radius 2 is 2.11 bits per heavy atom. The predicted molar refractivity (Wildman–Crippen MR) is 78.9 cm³/mol. The number of hydrogen-bond donors (Lipinski definition) is 1. The minimum Gasteiger partial charge on any atom is -0.364 e. The third kappa shape index (κ3) is 3.08. The summed E-state index contributed by atoms with van der Waals surface area (Å²) in [4.78, 5) is 29.2. The first-order valence-corrected chi connectivity index (χ1v) is 7.53. The molecule has 0 aliphatic heterocycles. The van der Waals surface area contributed by atoms with Crippen LogP contribution in [0.15, 0.2) is 17.1 Å². The average molecular weight is 327 g/mol. The molecule has 1 saturated carbocycles. The van der Waals surface area contributed by atoms with Gasteiger partial charge in [0.1, 0.15) is 5.56 Å². The summed E-state index contributed by atoms with van der Waals surface area (Å²) in [5.74, 6) is -0.197. The van der Waals surface area contributed by atoms with Crippen molar-refractivity contribution in [3.05, 3.63) is 33.7 Å². The molecule has 0 saturated heterocycles. The summed E-state index contributed by atoms with van der Waals surface area (Å²) in [5.41, 5.74) is 0.772. The third-order valence-corrected chi connectivity index (χ3v) is 4.82. The van der Waals surface area contributed by atoms with E-state index >= 15 is 0 Å². The number of rotatable bonds is 2. The van der Waals surface area contributed by atoms with Gasteiger partial charge in [0.25, 0.3) is 5.91 Å². The zero-order valence-electron chi connectivity index (χ0n) is 11.3. The maximum absolute atomic E-state index is 12.4. The van der Waals surface area contributed by atoms with Crippen LogP contribution >= 0.6 is 15.9 Å². The number of aryl methyl sites for hydroxylation is 1. The van der Waals surface area contributed by atoms with Crippen molar-refractivity contribution in [2.24, 2.45) is 0 Å². The number of carbonyl (C=O) groups is 1. The SMILES string of the molecule is Cc1cc(=O)c(C(=O)N(C)C2CCCCC2Br)c[nH]1. The Morgan fingerprint density at radius 1 is 1.42 bits per heavy atom. The molecule has 19 heavy (non-hydrogen) atoms. The van der Waals surface area contributed by atoms with E-state index in [9.17, 15) is 9.59 Å². The lowest BCUT2D eigenvalue weighted by Gasteiger charge is -2.35. The smallest absolute Gasteiger partial charge is 0.259 e. The molecule has 1 aromatic heterocycles. The quantitative estimate of drug-likeness (QED) is 0.849. The minimum atomic E-state index is -0.213. The van der Waals surface area contributed by atoms with Crippen molar-refractivity contribution in [1.82, 2.24) is 9.88 Å². The van der Waals surface area contributed by atoms with Crippen LogP contribution in [0.2, 0.25) is 0 Å². The van der Waals surface area contributed by atoms with Crippen LogP contribution in [0.1, 0.15) is 41.7 Å². The van der Waals surface area contributed by atoms with Gasteiger partial charge >= 0.3 is 0 Å². The number of alkyl halides is 1. The molecule has 0 radical (unpaired) electrons. The maximum Gasteiger partial charge on any atom is 0.259 e. The van der Waals surface area contributed by atoms with Gasteiger partial charge in [-0.05, 0) is 19.8 Å². The van der Waals surface area contributed by atoms with Crippen LogP contribution in [0.25, 0.3) is 0 Å². The summed E-state index contributed by atoms with van der Waals surface area (Å²) in [7, 11) is 1.78. The highest BCUT2D eigenvalue weighted by atomic mass is 79.9. The van der Waals surface area contributed by atoms with Gasteiger partial charge in [0.05, 0.1) is 0 Å². The Hall–Kier alpha value is -1.10. The van der Waals surface area contributed by atoms with Crippen LogP contribution in [-0.2, 0) is 0 Å². The highest BCUT2D eigenvalue weighted by Gasteiger charge is 2.30. The molecule has 2 unspecified atom stereocenters. The first-order chi connectivity index (χ1) is 9.00. The summed E-state index contributed by atoms with van der Waals surface area (Å²) >= 11 is 3.65. The maximum atomic E-state index is 12.4. The second kappa shape index (κ2) is 5.90. The number of amides is 1. The van der Waals surface area contributed by atoms with Crippen molar-refractivity contribution in [3.8, 4) is 0 Å². The van der Waals surface area contributed by atoms with Crippen LogP contribution in [-0.4, -0.2) is 33.7 Å². The molecule has 4 nitrogen and oxygen atoms in total. The second-order valence-corrected chi connectivity index (χ2v) is 6.35. The Kier molecular flexibility index (Phi) is 4.45. The normalized spacial score (nSPS) is 23.1. The summed E-state index contributed by atoms with van der Waals surface area (Å²) in [6.45, 7) is 1.80. The number of carbonyl (C=O) groups excluding carboxylic acids is 1. The molecule has 5 heteroatoms. The zero-order chi connectivity index (χ0) is 14.0. The molecule has 0 aromatic carbocycles. The highest BCUT2D eigenvalue weighted by molar-refractivity contribution is 9.09. The van der Waals surface area contributed by atoms with Crippen LogP contribution in [0.4, 0.5) is 0 Å². The largest absolute Gasteiger partial charge is 0.364 e. The molecule has 0 spiro atoms. The van der Waals surface area contributed by atoms with Crippen molar-refractivity contribution in [1.29, 1.82) is 0 Å². The fourth-order valence-electron chi connectivity index (χ4n) is 2.58. The van der Waals surface area contributed by atoms with Crippen LogP contribution in [0.5, 0.6) is 0 Å². The molecule has 1 fully saturated rings. The van der Waals surface area contributed by atoms with Crippen molar-refractivity contribution in [2.75, 3.05) is 7.05 Å². The van der Waals surface area contributed by atoms with Crippen LogP contribution < -0.4 is 5.43 Å². The number of H-pyrrole nitrogens is 1. The molecule has 2 atom stereocenters. The number of pyridine rings is 1. The van der Waals surface area contributed by atoms with Crippen molar-refractivity contribution in [3.63, 3.8) is 0 Å². The van der Waals surface area contributed by atoms with Gasteiger partial charge in [-0.15, -0.1) is 0 Å². The van der Waals surface area contributed by atoms with Gasteiger partial charge in [-0.25, -0.2) is 0 Å². The fourth-order valence-corrected chi connectivity index (χ4v) is 3.53. The van der Waals surface area contributed by atoms with Gasteiger partial charge in [-0.2, -0.15) is 0 Å². The predicted octanol–water partition coefficient (Wildman–Crippen LogP) is 2.46. The minimum absolute atomic E-state index is 0.168. The summed E-state index contributed by atoms with van der Waals surface area (Å²) in [6.07, 6.45) is 5.91. The molecule has 2 rings (SSSR count). The van der Waals surface area contributed by atoms with E-state index in [0.29, 0.717) is 4.83 Å².